The van der Waals surface area contributed by atoms with Crippen LogP contribution in [0.4, 0.5) is 0 Å². The van der Waals surface area contributed by atoms with E-state index in [1.54, 1.807) is 7.11 Å². The molecule has 5 nitrogen and oxygen atoms in total. The Labute approximate surface area is 145 Å². The van der Waals surface area contributed by atoms with Gasteiger partial charge < -0.3 is 19.7 Å². The largest absolute Gasteiger partial charge is 0.493 e. The molecule has 0 amide bonds. The van der Waals surface area contributed by atoms with Crippen molar-refractivity contribution < 1.29 is 24.5 Å². The number of ether oxygens (including phenoxy) is 2. The van der Waals surface area contributed by atoms with Crippen molar-refractivity contribution in [1.29, 1.82) is 0 Å². The van der Waals surface area contributed by atoms with Crippen LogP contribution in [-0.4, -0.2) is 40.9 Å². The van der Waals surface area contributed by atoms with E-state index in [2.05, 4.69) is 6.07 Å². The molecule has 1 aromatic rings. The van der Waals surface area contributed by atoms with Crippen molar-refractivity contribution in [1.82, 2.24) is 0 Å². The molecule has 132 valence electrons. The number of ketones is 1. The van der Waals surface area contributed by atoms with Crippen molar-refractivity contribution in [2.45, 2.75) is 55.3 Å². The number of aliphatic hydroxyl groups excluding tert-OH is 1. The third kappa shape index (κ3) is 1.28. The van der Waals surface area contributed by atoms with Gasteiger partial charge in [-0.25, -0.2) is 0 Å². The Morgan fingerprint density at radius 1 is 1.32 bits per heavy atom. The second-order valence-electron chi connectivity index (χ2n) is 8.58. The molecule has 5 aliphatic rings. The van der Waals surface area contributed by atoms with Crippen LogP contribution >= 0.6 is 0 Å². The van der Waals surface area contributed by atoms with E-state index in [0.29, 0.717) is 17.4 Å². The van der Waals surface area contributed by atoms with Gasteiger partial charge in [0.25, 0.3) is 0 Å². The van der Waals surface area contributed by atoms with Crippen LogP contribution in [0.5, 0.6) is 11.5 Å². The first-order chi connectivity index (χ1) is 12.0. The average molecular weight is 342 g/mol. The third-order valence-corrected chi connectivity index (χ3v) is 8.03. The van der Waals surface area contributed by atoms with Crippen molar-refractivity contribution >= 4 is 5.78 Å². The molecular weight excluding hydrogens is 320 g/mol. The number of rotatable bonds is 1. The van der Waals surface area contributed by atoms with Crippen LogP contribution in [0.25, 0.3) is 0 Å². The second-order valence-corrected chi connectivity index (χ2v) is 8.58. The van der Waals surface area contributed by atoms with Crippen molar-refractivity contribution in [3.8, 4) is 11.5 Å². The van der Waals surface area contributed by atoms with Gasteiger partial charge in [0, 0.05) is 12.0 Å². The van der Waals surface area contributed by atoms with Gasteiger partial charge in [-0.15, -0.1) is 0 Å². The number of aliphatic hydroxyl groups is 2. The predicted molar refractivity (Wildman–Crippen MR) is 87.7 cm³/mol. The molecule has 25 heavy (non-hydrogen) atoms. The first-order valence-electron chi connectivity index (χ1n) is 9.33. The molecule has 2 N–H and O–H groups in total. The number of Topliss-reactive ketones (excluding diaryl/α,β-unsaturated/α-hetero) is 1. The molecule has 4 unspecified atom stereocenters. The monoisotopic (exact) mass is 342 g/mol. The highest BCUT2D eigenvalue weighted by molar-refractivity contribution is 5.90. The molecule has 1 spiro atoms. The Morgan fingerprint density at radius 3 is 2.96 bits per heavy atom. The number of benzene rings is 1. The number of carbonyl (C=O) groups excluding carboxylic acids is 1. The van der Waals surface area contributed by atoms with Crippen LogP contribution in [0.15, 0.2) is 12.1 Å². The van der Waals surface area contributed by atoms with E-state index in [1.807, 2.05) is 6.07 Å². The van der Waals surface area contributed by atoms with Crippen LogP contribution < -0.4 is 9.47 Å². The maximum Gasteiger partial charge on any atom is 0.177 e. The fourth-order valence-electron chi connectivity index (χ4n) is 7.33. The highest BCUT2D eigenvalue weighted by Crippen LogP contribution is 2.74. The highest BCUT2D eigenvalue weighted by Gasteiger charge is 2.81. The number of carbonyl (C=O) groups is 1. The Morgan fingerprint density at radius 2 is 2.16 bits per heavy atom. The number of aryl methyl sites for hydroxylation is 1. The van der Waals surface area contributed by atoms with E-state index in [9.17, 15) is 15.0 Å². The topological polar surface area (TPSA) is 76.0 Å². The number of hydrogen-bond donors (Lipinski definition) is 2. The molecule has 4 aliphatic carbocycles. The second kappa shape index (κ2) is 4.21. The molecule has 0 aromatic heterocycles. The first-order valence-corrected chi connectivity index (χ1v) is 9.33. The maximum atomic E-state index is 12.9. The van der Waals surface area contributed by atoms with Crippen LogP contribution in [0.1, 0.15) is 36.8 Å². The number of hydrogen-bond acceptors (Lipinski definition) is 5. The molecular formula is C20H22O5. The standard InChI is InChI=1S/C20H22O5/c1-24-14-5-4-9-2-3-10-6-11-7-12(10)19-16(9)17(14)25-18(19)13(21)8-15(22)20(11,19)23/h4-5,10-12,15,18,22-23H,2-3,6-8H2,1H3/t10?,11-,12?,15-,18+,19?,20?/m1/s1. The maximum absolute atomic E-state index is 12.9. The summed E-state index contributed by atoms with van der Waals surface area (Å²) in [4.78, 5) is 12.9. The van der Waals surface area contributed by atoms with Gasteiger partial charge in [-0.1, -0.05) is 6.07 Å². The van der Waals surface area contributed by atoms with Gasteiger partial charge in [-0.2, -0.15) is 0 Å². The molecule has 6 rings (SSSR count). The summed E-state index contributed by atoms with van der Waals surface area (Å²) in [5.74, 6) is 1.88. The minimum Gasteiger partial charge on any atom is -0.493 e. The normalized spacial score (nSPS) is 48.1. The summed E-state index contributed by atoms with van der Waals surface area (Å²) < 4.78 is 11.7. The summed E-state index contributed by atoms with van der Waals surface area (Å²) in [7, 11) is 1.60. The third-order valence-electron chi connectivity index (χ3n) is 8.03. The predicted octanol–water partition coefficient (Wildman–Crippen LogP) is 1.36. The summed E-state index contributed by atoms with van der Waals surface area (Å²) in [6, 6.07) is 3.96. The van der Waals surface area contributed by atoms with Gasteiger partial charge in [-0.05, 0) is 55.1 Å². The van der Waals surface area contributed by atoms with E-state index < -0.39 is 23.2 Å². The van der Waals surface area contributed by atoms with E-state index in [4.69, 9.17) is 9.47 Å². The lowest BCUT2D eigenvalue weighted by Gasteiger charge is -2.56. The SMILES string of the molecule is COc1ccc2c3c1O[C@H]1C(=O)C[C@@H](O)C4(O)[C@@H]5CC(CC2)C(C5)C314. The van der Waals surface area contributed by atoms with Crippen molar-refractivity contribution in [3.05, 3.63) is 23.3 Å². The molecule has 1 heterocycles. The smallest absolute Gasteiger partial charge is 0.177 e. The Balaban J connectivity index is 1.74. The molecule has 1 aliphatic heterocycles. The van der Waals surface area contributed by atoms with E-state index in [-0.39, 0.29) is 24.0 Å². The fraction of sp³-hybridized carbons (Fsp3) is 0.650. The lowest BCUT2D eigenvalue weighted by atomic mass is 9.50. The van der Waals surface area contributed by atoms with Gasteiger partial charge in [-0.3, -0.25) is 4.79 Å². The molecule has 3 fully saturated rings. The average Bonchev–Trinajstić information content (AvgIpc) is 3.23. The molecule has 5 heteroatoms. The summed E-state index contributed by atoms with van der Waals surface area (Å²) in [6.45, 7) is 0. The van der Waals surface area contributed by atoms with Gasteiger partial charge in [0.1, 0.15) is 5.60 Å². The van der Waals surface area contributed by atoms with Gasteiger partial charge in [0.05, 0.1) is 18.6 Å². The number of fused-ring (bicyclic) bond motifs is 2. The van der Waals surface area contributed by atoms with E-state index >= 15 is 0 Å². The Hall–Kier alpha value is -1.59. The molecule has 0 saturated heterocycles. The zero-order valence-electron chi connectivity index (χ0n) is 14.2. The summed E-state index contributed by atoms with van der Waals surface area (Å²) in [6.07, 6.45) is 2.10. The molecule has 0 radical (unpaired) electrons. The zero-order chi connectivity index (χ0) is 17.1. The van der Waals surface area contributed by atoms with Gasteiger partial charge in [0.15, 0.2) is 23.4 Å². The zero-order valence-corrected chi connectivity index (χ0v) is 14.2. The molecule has 1 aromatic carbocycles. The first kappa shape index (κ1) is 14.6. The summed E-state index contributed by atoms with van der Waals surface area (Å²) >= 11 is 0. The van der Waals surface area contributed by atoms with Gasteiger partial charge in [0.2, 0.25) is 0 Å². The van der Waals surface area contributed by atoms with Crippen molar-refractivity contribution in [3.63, 3.8) is 0 Å². The van der Waals surface area contributed by atoms with Crippen molar-refractivity contribution in [2.75, 3.05) is 7.11 Å². The molecule has 2 bridgehead atoms. The van der Waals surface area contributed by atoms with E-state index in [1.165, 1.54) is 0 Å². The minimum atomic E-state index is -1.27. The van der Waals surface area contributed by atoms with E-state index in [0.717, 1.165) is 36.8 Å². The van der Waals surface area contributed by atoms with Gasteiger partial charge >= 0.3 is 0 Å². The van der Waals surface area contributed by atoms with Crippen LogP contribution in [-0.2, 0) is 16.6 Å². The van der Waals surface area contributed by atoms with Crippen LogP contribution in [0, 0.1) is 17.8 Å². The molecule has 7 atom stereocenters. The number of methoxy groups -OCH3 is 1. The molecule has 3 saturated carbocycles. The Bertz CT molecular complexity index is 819. The summed E-state index contributed by atoms with van der Waals surface area (Å²) in [5, 5.41) is 22.8. The highest BCUT2D eigenvalue weighted by atomic mass is 16.5. The lowest BCUT2D eigenvalue weighted by Crippen LogP contribution is -2.72. The van der Waals surface area contributed by atoms with Crippen molar-refractivity contribution in [2.24, 2.45) is 17.8 Å². The van der Waals surface area contributed by atoms with Crippen LogP contribution in [0.2, 0.25) is 0 Å². The lowest BCUT2D eigenvalue weighted by molar-refractivity contribution is -0.203. The van der Waals surface area contributed by atoms with Crippen LogP contribution in [0.3, 0.4) is 0 Å². The minimum absolute atomic E-state index is 0.0254. The fourth-order valence-corrected chi connectivity index (χ4v) is 7.33. The summed E-state index contributed by atoms with van der Waals surface area (Å²) in [5.41, 5.74) is 0.0314. The Kier molecular flexibility index (Phi) is 2.45. The quantitative estimate of drug-likeness (QED) is 0.806.